The summed E-state index contributed by atoms with van der Waals surface area (Å²) in [6.45, 7) is 3.82. The third kappa shape index (κ3) is 5.23. The molecular weight excluding hydrogens is 540 g/mol. The Morgan fingerprint density at radius 2 is 1.65 bits per heavy atom. The molecule has 0 aliphatic carbocycles. The second-order valence-corrected chi connectivity index (χ2v) is 11.4. The fraction of sp³-hybridized carbons (Fsp3) is 0.0938. The van der Waals surface area contributed by atoms with Crippen molar-refractivity contribution in [1.82, 2.24) is 4.57 Å². The lowest BCUT2D eigenvalue weighted by Crippen LogP contribution is -2.40. The molecule has 0 bridgehead atoms. The van der Waals surface area contributed by atoms with Gasteiger partial charge in [-0.25, -0.2) is 9.79 Å². The van der Waals surface area contributed by atoms with Gasteiger partial charge in [0.25, 0.3) is 5.56 Å². The minimum atomic E-state index is -0.680. The smallest absolute Gasteiger partial charge is 0.343 e. The molecule has 0 fully saturated rings. The number of nitrogens with zero attached hydrogens (tertiary/aromatic N) is 2. The van der Waals surface area contributed by atoms with Crippen molar-refractivity contribution in [2.24, 2.45) is 4.99 Å². The fourth-order valence-corrected chi connectivity index (χ4v) is 6.31. The van der Waals surface area contributed by atoms with Crippen LogP contribution in [-0.4, -0.2) is 10.5 Å². The minimum Gasteiger partial charge on any atom is -0.450 e. The van der Waals surface area contributed by atoms with Crippen LogP contribution in [0.15, 0.2) is 133 Å². The Balaban J connectivity index is 1.39. The van der Waals surface area contributed by atoms with Crippen LogP contribution in [0.5, 0.6) is 5.75 Å². The van der Waals surface area contributed by atoms with Crippen LogP contribution >= 0.6 is 23.1 Å². The lowest BCUT2D eigenvalue weighted by molar-refractivity contribution is -0.130. The quantitative estimate of drug-likeness (QED) is 0.190. The summed E-state index contributed by atoms with van der Waals surface area (Å²) in [6, 6.07) is 29.6. The number of furan rings is 1. The SMILES string of the molecule is CC1=C(C(=O)Oc2ccccc2)[C@@H](c2ccccc2)n2c(s/c(=C\c3ccc(Sc4ccc(C)cc4)o3)c2=O)=N1. The molecule has 3 heterocycles. The lowest BCUT2D eigenvalue weighted by Gasteiger charge is -2.24. The number of carbonyl (C=O) groups is 1. The zero-order chi connectivity index (χ0) is 27.6. The van der Waals surface area contributed by atoms with E-state index in [-0.39, 0.29) is 5.56 Å². The number of aryl methyl sites for hydroxylation is 1. The predicted molar refractivity (Wildman–Crippen MR) is 156 cm³/mol. The molecule has 2 aromatic heterocycles. The Labute approximate surface area is 238 Å². The van der Waals surface area contributed by atoms with Gasteiger partial charge < -0.3 is 9.15 Å². The number of esters is 1. The summed E-state index contributed by atoms with van der Waals surface area (Å²) in [7, 11) is 0. The summed E-state index contributed by atoms with van der Waals surface area (Å²) in [5.74, 6) is 0.448. The maximum absolute atomic E-state index is 13.8. The van der Waals surface area contributed by atoms with E-state index < -0.39 is 12.0 Å². The van der Waals surface area contributed by atoms with Crippen molar-refractivity contribution in [3.63, 3.8) is 0 Å². The van der Waals surface area contributed by atoms with Crippen molar-refractivity contribution in [1.29, 1.82) is 0 Å². The highest BCUT2D eigenvalue weighted by molar-refractivity contribution is 7.99. The first-order valence-electron chi connectivity index (χ1n) is 12.7. The first-order chi connectivity index (χ1) is 19.5. The van der Waals surface area contributed by atoms with Crippen molar-refractivity contribution in [2.45, 2.75) is 29.9 Å². The van der Waals surface area contributed by atoms with Gasteiger partial charge in [0.15, 0.2) is 9.89 Å². The van der Waals surface area contributed by atoms with Crippen LogP contribution in [0.4, 0.5) is 0 Å². The Hall–Kier alpha value is -4.40. The number of allylic oxidation sites excluding steroid dienone is 1. The van der Waals surface area contributed by atoms with Crippen LogP contribution in [0.2, 0.25) is 0 Å². The molecule has 0 unspecified atom stereocenters. The molecule has 0 N–H and O–H groups in total. The Bertz CT molecular complexity index is 1900. The fourth-order valence-electron chi connectivity index (χ4n) is 4.50. The molecule has 0 amide bonds. The number of para-hydroxylation sites is 1. The molecule has 8 heteroatoms. The van der Waals surface area contributed by atoms with E-state index in [0.29, 0.717) is 32.1 Å². The molecule has 1 aliphatic rings. The third-order valence-electron chi connectivity index (χ3n) is 6.43. The van der Waals surface area contributed by atoms with Gasteiger partial charge >= 0.3 is 5.97 Å². The standard InChI is InChI=1S/C32H24N2O4S2/c1-20-13-16-25(17-14-20)39-27-18-15-24(37-27)19-26-30(35)34-29(22-9-5-3-6-10-22)28(21(2)33-32(34)40-26)31(36)38-23-11-7-4-8-12-23/h3-19,29H,1-2H3/b26-19-/t29-/m1/s1. The van der Waals surface area contributed by atoms with E-state index in [1.54, 1.807) is 41.8 Å². The largest absolute Gasteiger partial charge is 0.450 e. The van der Waals surface area contributed by atoms with Gasteiger partial charge in [-0.05, 0) is 55.8 Å². The van der Waals surface area contributed by atoms with Crippen molar-refractivity contribution in [2.75, 3.05) is 0 Å². The first kappa shape index (κ1) is 25.9. The summed E-state index contributed by atoms with van der Waals surface area (Å²) in [5.41, 5.74) is 2.57. The van der Waals surface area contributed by atoms with Crippen LogP contribution in [0.1, 0.15) is 29.9 Å². The average Bonchev–Trinajstić information content (AvgIpc) is 3.53. The summed E-state index contributed by atoms with van der Waals surface area (Å²) in [6.07, 6.45) is 1.73. The number of hydrogen-bond acceptors (Lipinski definition) is 7. The number of benzene rings is 3. The Morgan fingerprint density at radius 3 is 2.38 bits per heavy atom. The van der Waals surface area contributed by atoms with Gasteiger partial charge in [-0.15, -0.1) is 0 Å². The highest BCUT2D eigenvalue weighted by Crippen LogP contribution is 2.32. The van der Waals surface area contributed by atoms with Gasteiger partial charge in [-0.2, -0.15) is 0 Å². The van der Waals surface area contributed by atoms with Crippen LogP contribution < -0.4 is 19.6 Å². The number of ether oxygens (including phenoxy) is 1. The number of carbonyl (C=O) groups excluding carboxylic acids is 1. The van der Waals surface area contributed by atoms with E-state index in [0.717, 1.165) is 15.6 Å². The molecule has 0 radical (unpaired) electrons. The topological polar surface area (TPSA) is 73.8 Å². The molecule has 0 saturated carbocycles. The van der Waals surface area contributed by atoms with Gasteiger partial charge in [0.1, 0.15) is 11.5 Å². The van der Waals surface area contributed by atoms with E-state index in [4.69, 9.17) is 9.15 Å². The Morgan fingerprint density at radius 1 is 0.950 bits per heavy atom. The Kier molecular flexibility index (Phi) is 7.11. The minimum absolute atomic E-state index is 0.251. The van der Waals surface area contributed by atoms with E-state index in [1.165, 1.54) is 28.7 Å². The second-order valence-electron chi connectivity index (χ2n) is 9.27. The van der Waals surface area contributed by atoms with Crippen molar-refractivity contribution in [3.8, 4) is 5.75 Å². The van der Waals surface area contributed by atoms with E-state index >= 15 is 0 Å². The number of thiazole rings is 1. The molecule has 0 saturated heterocycles. The summed E-state index contributed by atoms with van der Waals surface area (Å²) < 4.78 is 13.8. The highest BCUT2D eigenvalue weighted by Gasteiger charge is 2.33. The normalized spacial score (nSPS) is 15.1. The third-order valence-corrected chi connectivity index (χ3v) is 8.34. The summed E-state index contributed by atoms with van der Waals surface area (Å²) in [4.78, 5) is 33.5. The average molecular weight is 565 g/mol. The van der Waals surface area contributed by atoms with Gasteiger partial charge in [-0.1, -0.05) is 89.3 Å². The van der Waals surface area contributed by atoms with Gasteiger partial charge in [0.2, 0.25) is 0 Å². The molecule has 40 heavy (non-hydrogen) atoms. The van der Waals surface area contributed by atoms with Gasteiger partial charge in [-0.3, -0.25) is 9.36 Å². The molecule has 0 spiro atoms. The summed E-state index contributed by atoms with van der Waals surface area (Å²) >= 11 is 2.78. The van der Waals surface area contributed by atoms with Crippen LogP contribution in [-0.2, 0) is 4.79 Å². The zero-order valence-electron chi connectivity index (χ0n) is 21.7. The zero-order valence-corrected chi connectivity index (χ0v) is 23.4. The summed E-state index contributed by atoms with van der Waals surface area (Å²) in [5, 5.41) is 0.729. The van der Waals surface area contributed by atoms with Crippen molar-refractivity contribution < 1.29 is 13.9 Å². The molecular formula is C32H24N2O4S2. The molecule has 5 aromatic rings. The molecule has 6 rings (SSSR count). The molecule has 1 aliphatic heterocycles. The first-order valence-corrected chi connectivity index (χ1v) is 14.3. The number of fused-ring (bicyclic) bond motifs is 1. The molecule has 3 aromatic carbocycles. The van der Waals surface area contributed by atoms with Crippen LogP contribution in [0.25, 0.3) is 6.08 Å². The number of hydrogen-bond donors (Lipinski definition) is 0. The van der Waals surface area contributed by atoms with Gasteiger partial charge in [0.05, 0.1) is 21.8 Å². The van der Waals surface area contributed by atoms with Crippen molar-refractivity contribution >= 4 is 35.1 Å². The monoisotopic (exact) mass is 564 g/mol. The predicted octanol–water partition coefficient (Wildman–Crippen LogP) is 5.89. The number of rotatable bonds is 6. The van der Waals surface area contributed by atoms with Gasteiger partial charge in [0, 0.05) is 11.0 Å². The van der Waals surface area contributed by atoms with Crippen LogP contribution in [0.3, 0.4) is 0 Å². The van der Waals surface area contributed by atoms with Crippen LogP contribution in [0, 0.1) is 6.92 Å². The second kappa shape index (κ2) is 11.0. The maximum atomic E-state index is 13.8. The number of aromatic nitrogens is 1. The van der Waals surface area contributed by atoms with E-state index in [1.807, 2.05) is 67.6 Å². The molecule has 1 atom stereocenters. The van der Waals surface area contributed by atoms with E-state index in [9.17, 15) is 9.59 Å². The molecule has 198 valence electrons. The highest BCUT2D eigenvalue weighted by atomic mass is 32.2. The van der Waals surface area contributed by atoms with Crippen molar-refractivity contribution in [3.05, 3.63) is 145 Å². The van der Waals surface area contributed by atoms with E-state index in [2.05, 4.69) is 17.1 Å². The maximum Gasteiger partial charge on any atom is 0.343 e. The lowest BCUT2D eigenvalue weighted by atomic mass is 9.96. The molecule has 6 nitrogen and oxygen atoms in total.